The fourth-order valence-electron chi connectivity index (χ4n) is 2.99. The quantitative estimate of drug-likeness (QED) is 0.601. The van der Waals surface area contributed by atoms with Crippen molar-refractivity contribution in [1.82, 2.24) is 0 Å². The van der Waals surface area contributed by atoms with Gasteiger partial charge in [-0.1, -0.05) is 36.4 Å². The largest absolute Gasteiger partial charge is 0.449 e. The molecule has 0 aliphatic rings. The number of carbonyl (C=O) groups excluding carboxylic acids is 2. The van der Waals surface area contributed by atoms with E-state index >= 15 is 0 Å². The molecule has 0 unspecified atom stereocenters. The maximum absolute atomic E-state index is 12.9. The van der Waals surface area contributed by atoms with Crippen LogP contribution in [0.15, 0.2) is 59.0 Å². The average Bonchev–Trinajstić information content (AvgIpc) is 3.06. The van der Waals surface area contributed by atoms with Crippen LogP contribution in [0.4, 0.5) is 5.69 Å². The third-order valence-electron chi connectivity index (χ3n) is 4.44. The third kappa shape index (κ3) is 3.89. The van der Waals surface area contributed by atoms with E-state index in [9.17, 15) is 9.59 Å². The lowest BCUT2D eigenvalue weighted by molar-refractivity contribution is -0.126. The average molecular weight is 376 g/mol. The van der Waals surface area contributed by atoms with Gasteiger partial charge in [0, 0.05) is 23.2 Å². The van der Waals surface area contributed by atoms with Gasteiger partial charge in [-0.2, -0.15) is 5.26 Å². The summed E-state index contributed by atoms with van der Waals surface area (Å²) in [7, 11) is 0. The van der Waals surface area contributed by atoms with Gasteiger partial charge in [-0.15, -0.1) is 0 Å². The number of esters is 1. The van der Waals surface area contributed by atoms with Crippen LogP contribution in [0.25, 0.3) is 11.0 Å². The minimum atomic E-state index is -1.03. The van der Waals surface area contributed by atoms with Crippen LogP contribution in [0.5, 0.6) is 0 Å². The summed E-state index contributed by atoms with van der Waals surface area (Å²) in [5.74, 6) is -1.00. The highest BCUT2D eigenvalue weighted by Gasteiger charge is 2.27. The van der Waals surface area contributed by atoms with Crippen LogP contribution in [-0.4, -0.2) is 24.5 Å². The van der Waals surface area contributed by atoms with Gasteiger partial charge >= 0.3 is 5.97 Å². The Morgan fingerprint density at radius 1 is 1.14 bits per heavy atom. The van der Waals surface area contributed by atoms with Crippen LogP contribution in [0, 0.1) is 18.3 Å². The summed E-state index contributed by atoms with van der Waals surface area (Å²) in [6.07, 6.45) is -0.858. The Morgan fingerprint density at radius 3 is 2.50 bits per heavy atom. The molecule has 0 saturated carbocycles. The molecule has 1 aromatic heterocycles. The molecule has 3 rings (SSSR count). The zero-order chi connectivity index (χ0) is 20.1. The van der Waals surface area contributed by atoms with E-state index in [0.29, 0.717) is 16.8 Å². The second-order valence-electron chi connectivity index (χ2n) is 6.33. The Morgan fingerprint density at radius 2 is 1.82 bits per heavy atom. The summed E-state index contributed by atoms with van der Waals surface area (Å²) in [6, 6.07) is 18.3. The van der Waals surface area contributed by atoms with Crippen LogP contribution in [0.1, 0.15) is 29.5 Å². The number of nitrogens with zero attached hydrogens (tertiary/aromatic N) is 2. The minimum absolute atomic E-state index is 0.0872. The number of ether oxygens (including phenoxy) is 1. The van der Waals surface area contributed by atoms with Crippen molar-refractivity contribution in [2.75, 3.05) is 11.4 Å². The van der Waals surface area contributed by atoms with Crippen molar-refractivity contribution >= 4 is 28.5 Å². The van der Waals surface area contributed by atoms with Crippen molar-refractivity contribution in [3.63, 3.8) is 0 Å². The molecule has 0 saturated heterocycles. The number of fused-ring (bicyclic) bond motifs is 1. The first-order chi connectivity index (χ1) is 13.5. The van der Waals surface area contributed by atoms with E-state index in [1.165, 1.54) is 11.8 Å². The van der Waals surface area contributed by atoms with Gasteiger partial charge in [0.1, 0.15) is 5.58 Å². The summed E-state index contributed by atoms with van der Waals surface area (Å²) in [5.41, 5.74) is 1.90. The van der Waals surface area contributed by atoms with Crippen molar-refractivity contribution in [2.45, 2.75) is 26.4 Å². The van der Waals surface area contributed by atoms with Crippen molar-refractivity contribution in [3.05, 3.63) is 65.9 Å². The van der Waals surface area contributed by atoms with Gasteiger partial charge in [0.15, 0.2) is 6.10 Å². The molecular weight excluding hydrogens is 356 g/mol. The Kier molecular flexibility index (Phi) is 5.75. The molecule has 0 aliphatic heterocycles. The molecule has 142 valence electrons. The molecule has 3 aromatic rings. The molecule has 1 heterocycles. The summed E-state index contributed by atoms with van der Waals surface area (Å²) in [5, 5.41) is 9.72. The lowest BCUT2D eigenvalue weighted by Gasteiger charge is -2.24. The van der Waals surface area contributed by atoms with Crippen LogP contribution >= 0.6 is 0 Å². The number of rotatable bonds is 6. The Hall–Kier alpha value is -3.59. The van der Waals surface area contributed by atoms with Gasteiger partial charge in [-0.3, -0.25) is 4.79 Å². The summed E-state index contributed by atoms with van der Waals surface area (Å²) in [6.45, 7) is 3.50. The molecule has 2 aromatic carbocycles. The van der Waals surface area contributed by atoms with E-state index in [-0.39, 0.29) is 18.7 Å². The SMILES string of the molecule is Cc1c(C(=O)O[C@H](C)C(=O)N(CCC#N)c2ccccc2)oc2ccccc12. The Labute approximate surface area is 162 Å². The van der Waals surface area contributed by atoms with E-state index < -0.39 is 18.0 Å². The highest BCUT2D eigenvalue weighted by molar-refractivity contribution is 6.00. The third-order valence-corrected chi connectivity index (χ3v) is 4.44. The van der Waals surface area contributed by atoms with Crippen LogP contribution in [-0.2, 0) is 9.53 Å². The monoisotopic (exact) mass is 376 g/mol. The van der Waals surface area contributed by atoms with E-state index in [2.05, 4.69) is 0 Å². The topological polar surface area (TPSA) is 83.5 Å². The second-order valence-corrected chi connectivity index (χ2v) is 6.33. The number of benzene rings is 2. The number of carbonyl (C=O) groups is 2. The molecule has 6 nitrogen and oxygen atoms in total. The van der Waals surface area contributed by atoms with Gasteiger partial charge < -0.3 is 14.1 Å². The normalized spacial score (nSPS) is 11.6. The summed E-state index contributed by atoms with van der Waals surface area (Å²) >= 11 is 0. The van der Waals surface area contributed by atoms with Crippen LogP contribution < -0.4 is 4.90 Å². The smallest absolute Gasteiger partial charge is 0.375 e. The predicted octanol–water partition coefficient (Wildman–Crippen LogP) is 4.23. The lowest BCUT2D eigenvalue weighted by Crippen LogP contribution is -2.40. The van der Waals surface area contributed by atoms with E-state index in [1.54, 1.807) is 37.3 Å². The van der Waals surface area contributed by atoms with E-state index in [1.807, 2.05) is 30.3 Å². The zero-order valence-corrected chi connectivity index (χ0v) is 15.7. The highest BCUT2D eigenvalue weighted by atomic mass is 16.6. The maximum atomic E-state index is 12.9. The molecule has 28 heavy (non-hydrogen) atoms. The molecule has 1 atom stereocenters. The van der Waals surface area contributed by atoms with E-state index in [4.69, 9.17) is 14.4 Å². The van der Waals surface area contributed by atoms with E-state index in [0.717, 1.165) is 5.39 Å². The Balaban J connectivity index is 1.78. The molecule has 0 fully saturated rings. The maximum Gasteiger partial charge on any atom is 0.375 e. The number of aryl methyl sites for hydroxylation is 1. The molecule has 0 bridgehead atoms. The van der Waals surface area contributed by atoms with Crippen molar-refractivity contribution in [2.24, 2.45) is 0 Å². The fourth-order valence-corrected chi connectivity index (χ4v) is 2.99. The van der Waals surface area contributed by atoms with Gasteiger partial charge in [0.05, 0.1) is 12.5 Å². The molecule has 0 aliphatic carbocycles. The van der Waals surface area contributed by atoms with Crippen molar-refractivity contribution < 1.29 is 18.7 Å². The van der Waals surface area contributed by atoms with Gasteiger partial charge in [0.25, 0.3) is 5.91 Å². The predicted molar refractivity (Wildman–Crippen MR) is 105 cm³/mol. The minimum Gasteiger partial charge on any atom is -0.449 e. The second kappa shape index (κ2) is 8.40. The lowest BCUT2D eigenvalue weighted by atomic mass is 10.1. The number of anilines is 1. The molecule has 0 radical (unpaired) electrons. The summed E-state index contributed by atoms with van der Waals surface area (Å²) < 4.78 is 11.0. The van der Waals surface area contributed by atoms with Gasteiger partial charge in [-0.25, -0.2) is 4.79 Å². The van der Waals surface area contributed by atoms with Crippen LogP contribution in [0.2, 0.25) is 0 Å². The Bertz CT molecular complexity index is 1030. The highest BCUT2D eigenvalue weighted by Crippen LogP contribution is 2.26. The number of para-hydroxylation sites is 2. The first-order valence-electron chi connectivity index (χ1n) is 8.95. The molecule has 6 heteroatoms. The molecular formula is C22H20N2O4. The van der Waals surface area contributed by atoms with Gasteiger partial charge in [-0.05, 0) is 32.0 Å². The first kappa shape index (κ1) is 19.2. The molecule has 0 spiro atoms. The number of hydrogen-bond acceptors (Lipinski definition) is 5. The summed E-state index contributed by atoms with van der Waals surface area (Å²) in [4.78, 5) is 26.9. The number of hydrogen-bond donors (Lipinski definition) is 0. The number of amides is 1. The van der Waals surface area contributed by atoms with Crippen molar-refractivity contribution in [3.8, 4) is 6.07 Å². The standard InChI is InChI=1S/C22H20N2O4/c1-15-18-11-6-7-12-19(18)28-20(15)22(26)27-16(2)21(25)24(14-8-13-23)17-9-4-3-5-10-17/h3-7,9-12,16H,8,14H2,1-2H3/t16-/m1/s1. The first-order valence-corrected chi connectivity index (χ1v) is 8.95. The van der Waals surface area contributed by atoms with Gasteiger partial charge in [0.2, 0.25) is 5.76 Å². The van der Waals surface area contributed by atoms with Crippen LogP contribution in [0.3, 0.4) is 0 Å². The molecule has 0 N–H and O–H groups in total. The number of furan rings is 1. The molecule has 1 amide bonds. The van der Waals surface area contributed by atoms with Crippen molar-refractivity contribution in [1.29, 1.82) is 5.26 Å². The fraction of sp³-hybridized carbons (Fsp3) is 0.227. The number of nitriles is 1. The zero-order valence-electron chi connectivity index (χ0n) is 15.7.